The minimum Gasteiger partial charge on any atom is -0.489 e. The average molecular weight is 267 g/mol. The zero-order valence-corrected chi connectivity index (χ0v) is 10.9. The molecule has 1 aromatic carbocycles. The molecule has 1 N–H and O–H groups in total. The summed E-state index contributed by atoms with van der Waals surface area (Å²) >= 11 is 5.87. The first-order valence-corrected chi connectivity index (χ1v) is 5.90. The first-order valence-electron chi connectivity index (χ1n) is 5.53. The van der Waals surface area contributed by atoms with Crippen LogP contribution in [0.4, 0.5) is 0 Å². The number of carboxylic acid groups (broad SMARTS) is 1. The van der Waals surface area contributed by atoms with Gasteiger partial charge in [0.1, 0.15) is 12.4 Å². The Balaban J connectivity index is 2.89. The molecular weight excluding hydrogens is 252 g/mol. The molecule has 0 fully saturated rings. The van der Waals surface area contributed by atoms with Crippen LogP contribution in [-0.2, 0) is 4.79 Å². The molecule has 0 atom stereocenters. The van der Waals surface area contributed by atoms with Crippen molar-refractivity contribution in [3.8, 4) is 5.75 Å². The smallest absolute Gasteiger partial charge is 0.328 e. The molecule has 0 amide bonds. The first kappa shape index (κ1) is 14.3. The summed E-state index contributed by atoms with van der Waals surface area (Å²) in [5.74, 6) is -0.426. The van der Waals surface area contributed by atoms with Crippen LogP contribution < -0.4 is 4.74 Å². The van der Waals surface area contributed by atoms with Crippen molar-refractivity contribution in [1.29, 1.82) is 0 Å². The van der Waals surface area contributed by atoms with Gasteiger partial charge in [0.25, 0.3) is 0 Å². The fourth-order valence-electron chi connectivity index (χ4n) is 1.22. The molecule has 0 radical (unpaired) electrons. The van der Waals surface area contributed by atoms with E-state index in [2.05, 4.69) is 6.58 Å². The van der Waals surface area contributed by atoms with Crippen LogP contribution in [0.2, 0.25) is 5.02 Å². The Bertz CT molecular complexity index is 478. The van der Waals surface area contributed by atoms with Crippen molar-refractivity contribution in [2.24, 2.45) is 0 Å². The van der Waals surface area contributed by atoms with Gasteiger partial charge in [0, 0.05) is 16.7 Å². The predicted molar refractivity (Wildman–Crippen MR) is 73.0 cm³/mol. The summed E-state index contributed by atoms with van der Waals surface area (Å²) in [6.07, 6.45) is 3.35. The molecule has 0 spiro atoms. The van der Waals surface area contributed by atoms with Crippen molar-refractivity contribution in [3.05, 3.63) is 47.0 Å². The summed E-state index contributed by atoms with van der Waals surface area (Å²) in [4.78, 5) is 10.5. The number of carboxylic acids is 1. The van der Waals surface area contributed by atoms with Crippen LogP contribution in [0.1, 0.15) is 18.9 Å². The highest BCUT2D eigenvalue weighted by molar-refractivity contribution is 6.30. The zero-order chi connectivity index (χ0) is 13.5. The van der Waals surface area contributed by atoms with Crippen molar-refractivity contribution >= 4 is 23.6 Å². The van der Waals surface area contributed by atoms with Gasteiger partial charge in [-0.15, -0.1) is 0 Å². The maximum Gasteiger partial charge on any atom is 0.328 e. The van der Waals surface area contributed by atoms with Crippen LogP contribution >= 0.6 is 11.6 Å². The average Bonchev–Trinajstić information content (AvgIpc) is 2.34. The maximum atomic E-state index is 10.5. The number of hydrogen-bond acceptors (Lipinski definition) is 2. The van der Waals surface area contributed by atoms with E-state index in [0.29, 0.717) is 22.9 Å². The zero-order valence-electron chi connectivity index (χ0n) is 10.1. The van der Waals surface area contributed by atoms with E-state index in [-0.39, 0.29) is 0 Å². The van der Waals surface area contributed by atoms with Gasteiger partial charge in [0.05, 0.1) is 0 Å². The Morgan fingerprint density at radius 1 is 1.56 bits per heavy atom. The second-order valence-corrected chi connectivity index (χ2v) is 4.18. The first-order chi connectivity index (χ1) is 8.52. The highest BCUT2D eigenvalue weighted by atomic mass is 35.5. The van der Waals surface area contributed by atoms with Crippen molar-refractivity contribution in [2.75, 3.05) is 6.61 Å². The summed E-state index contributed by atoms with van der Waals surface area (Å²) in [6, 6.07) is 5.07. The van der Waals surface area contributed by atoms with E-state index in [4.69, 9.17) is 21.4 Å². The highest BCUT2D eigenvalue weighted by Gasteiger charge is 2.03. The van der Waals surface area contributed by atoms with E-state index < -0.39 is 5.97 Å². The lowest BCUT2D eigenvalue weighted by Gasteiger charge is -2.10. The van der Waals surface area contributed by atoms with Gasteiger partial charge in [-0.3, -0.25) is 0 Å². The summed E-state index contributed by atoms with van der Waals surface area (Å²) in [6.45, 7) is 6.25. The molecule has 3 nitrogen and oxygen atoms in total. The van der Waals surface area contributed by atoms with Gasteiger partial charge in [-0.05, 0) is 36.3 Å². The fraction of sp³-hybridized carbons (Fsp3) is 0.214. The highest BCUT2D eigenvalue weighted by Crippen LogP contribution is 2.24. The minimum absolute atomic E-state index is 0.409. The molecule has 0 aliphatic rings. The molecule has 1 aromatic rings. The number of rotatable bonds is 6. The topological polar surface area (TPSA) is 46.5 Å². The standard InChI is InChI=1S/C14H15ClO3/c1-3-10(2)9-18-13-6-5-12(15)8-11(13)4-7-14(16)17/h4-8H,2-3,9H2,1H3,(H,16,17). The lowest BCUT2D eigenvalue weighted by Crippen LogP contribution is -2.00. The summed E-state index contributed by atoms with van der Waals surface area (Å²) in [5.41, 5.74) is 1.60. The normalized spacial score (nSPS) is 10.6. The number of ether oxygens (including phenoxy) is 1. The number of aliphatic carboxylic acids is 1. The Morgan fingerprint density at radius 2 is 2.28 bits per heavy atom. The number of hydrogen-bond donors (Lipinski definition) is 1. The van der Waals surface area contributed by atoms with Crippen LogP contribution in [0, 0.1) is 0 Å². The molecule has 0 aliphatic heterocycles. The predicted octanol–water partition coefficient (Wildman–Crippen LogP) is 3.78. The van der Waals surface area contributed by atoms with Crippen LogP contribution in [-0.4, -0.2) is 17.7 Å². The van der Waals surface area contributed by atoms with Gasteiger partial charge in [0.15, 0.2) is 0 Å². The molecule has 0 saturated heterocycles. The lowest BCUT2D eigenvalue weighted by molar-refractivity contribution is -0.131. The molecule has 4 heteroatoms. The Kier molecular flexibility index (Phi) is 5.46. The van der Waals surface area contributed by atoms with E-state index >= 15 is 0 Å². The van der Waals surface area contributed by atoms with Gasteiger partial charge in [0.2, 0.25) is 0 Å². The van der Waals surface area contributed by atoms with Crippen molar-refractivity contribution in [2.45, 2.75) is 13.3 Å². The van der Waals surface area contributed by atoms with E-state index in [0.717, 1.165) is 18.1 Å². The Hall–Kier alpha value is -1.74. The van der Waals surface area contributed by atoms with Gasteiger partial charge in [-0.2, -0.15) is 0 Å². The molecule has 18 heavy (non-hydrogen) atoms. The third-order valence-corrected chi connectivity index (χ3v) is 2.54. The summed E-state index contributed by atoms with van der Waals surface area (Å²) < 4.78 is 5.57. The van der Waals surface area contributed by atoms with E-state index in [1.807, 2.05) is 6.92 Å². The number of benzene rings is 1. The SMILES string of the molecule is C=C(CC)COc1ccc(Cl)cc1C=CC(=O)O. The van der Waals surface area contributed by atoms with Crippen molar-refractivity contribution in [3.63, 3.8) is 0 Å². The monoisotopic (exact) mass is 266 g/mol. The van der Waals surface area contributed by atoms with Crippen molar-refractivity contribution in [1.82, 2.24) is 0 Å². The molecule has 0 unspecified atom stereocenters. The molecule has 0 aliphatic carbocycles. The van der Waals surface area contributed by atoms with Crippen LogP contribution in [0.3, 0.4) is 0 Å². The van der Waals surface area contributed by atoms with Crippen LogP contribution in [0.5, 0.6) is 5.75 Å². The van der Waals surface area contributed by atoms with Gasteiger partial charge in [-0.25, -0.2) is 4.79 Å². The van der Waals surface area contributed by atoms with Gasteiger partial charge >= 0.3 is 5.97 Å². The molecule has 0 bridgehead atoms. The fourth-order valence-corrected chi connectivity index (χ4v) is 1.40. The van der Waals surface area contributed by atoms with E-state index in [9.17, 15) is 4.79 Å². The lowest BCUT2D eigenvalue weighted by atomic mass is 10.2. The van der Waals surface area contributed by atoms with Crippen LogP contribution in [0.25, 0.3) is 6.08 Å². The van der Waals surface area contributed by atoms with Crippen molar-refractivity contribution < 1.29 is 14.6 Å². The molecule has 1 rings (SSSR count). The minimum atomic E-state index is -1.01. The molecule has 0 saturated carbocycles. The van der Waals surface area contributed by atoms with Gasteiger partial charge in [-0.1, -0.05) is 25.1 Å². The van der Waals surface area contributed by atoms with Gasteiger partial charge < -0.3 is 9.84 Å². The summed E-state index contributed by atoms with van der Waals surface area (Å²) in [5, 5.41) is 9.15. The summed E-state index contributed by atoms with van der Waals surface area (Å²) in [7, 11) is 0. The Labute approximate surface area is 111 Å². The second-order valence-electron chi connectivity index (χ2n) is 3.75. The Morgan fingerprint density at radius 3 is 2.89 bits per heavy atom. The molecule has 0 aromatic heterocycles. The molecular formula is C14H15ClO3. The largest absolute Gasteiger partial charge is 0.489 e. The number of halogens is 1. The third-order valence-electron chi connectivity index (χ3n) is 2.31. The van der Waals surface area contributed by atoms with Crippen LogP contribution in [0.15, 0.2) is 36.4 Å². The molecule has 96 valence electrons. The number of carbonyl (C=O) groups is 1. The molecule has 0 heterocycles. The van der Waals surface area contributed by atoms with E-state index in [1.54, 1.807) is 18.2 Å². The third kappa shape index (κ3) is 4.63. The maximum absolute atomic E-state index is 10.5. The second kappa shape index (κ2) is 6.87. The van der Waals surface area contributed by atoms with E-state index in [1.165, 1.54) is 6.08 Å². The quantitative estimate of drug-likeness (QED) is 0.629.